The molecule has 1 unspecified atom stereocenters. The molecule has 0 aliphatic rings. The highest BCUT2D eigenvalue weighted by atomic mass is 79.9. The van der Waals surface area contributed by atoms with E-state index in [-0.39, 0.29) is 10.8 Å². The van der Waals surface area contributed by atoms with Crippen LogP contribution in [0.3, 0.4) is 0 Å². The van der Waals surface area contributed by atoms with Gasteiger partial charge in [0.2, 0.25) is 0 Å². The van der Waals surface area contributed by atoms with E-state index in [1.54, 1.807) is 0 Å². The van der Waals surface area contributed by atoms with E-state index in [1.165, 1.54) is 0 Å². The number of carbonyl (C=O) groups is 1. The van der Waals surface area contributed by atoms with Gasteiger partial charge in [-0.1, -0.05) is 22.9 Å². The molecule has 0 aromatic heterocycles. The second kappa shape index (κ2) is 5.71. The average molecular weight is 209 g/mol. The molecule has 0 aliphatic heterocycles. The molecule has 1 atom stereocenters. The lowest BCUT2D eigenvalue weighted by Crippen LogP contribution is -2.10. The summed E-state index contributed by atoms with van der Waals surface area (Å²) in [6.07, 6.45) is 1.38. The van der Waals surface area contributed by atoms with Crippen LogP contribution in [-0.2, 0) is 9.53 Å². The van der Waals surface area contributed by atoms with Gasteiger partial charge in [0, 0.05) is 11.2 Å². The van der Waals surface area contributed by atoms with Crippen LogP contribution in [0.1, 0.15) is 26.7 Å². The number of rotatable bonds is 4. The van der Waals surface area contributed by atoms with Gasteiger partial charge in [0.15, 0.2) is 0 Å². The van der Waals surface area contributed by atoms with Gasteiger partial charge in [-0.15, -0.1) is 0 Å². The fourth-order valence-electron chi connectivity index (χ4n) is 0.484. The molecule has 2 nitrogen and oxygen atoms in total. The van der Waals surface area contributed by atoms with Gasteiger partial charge in [0.05, 0.1) is 0 Å². The van der Waals surface area contributed by atoms with E-state index in [1.807, 2.05) is 13.8 Å². The third-order valence-electron chi connectivity index (χ3n) is 0.928. The summed E-state index contributed by atoms with van der Waals surface area (Å²) in [4.78, 5) is 11.0. The first-order valence-electron chi connectivity index (χ1n) is 3.46. The predicted molar refractivity (Wildman–Crippen MR) is 44.3 cm³/mol. The minimum absolute atomic E-state index is 0.103. The van der Waals surface area contributed by atoms with E-state index >= 15 is 0 Å². The molecule has 0 saturated heterocycles. The first-order valence-corrected chi connectivity index (χ1v) is 4.38. The highest BCUT2D eigenvalue weighted by Crippen LogP contribution is 1.99. The van der Waals surface area contributed by atoms with Crippen LogP contribution in [0.4, 0.5) is 0 Å². The van der Waals surface area contributed by atoms with Gasteiger partial charge in [0.1, 0.15) is 6.61 Å². The van der Waals surface area contributed by atoms with Gasteiger partial charge >= 0.3 is 5.97 Å². The molecule has 0 heterocycles. The molecule has 0 aromatic carbocycles. The molecule has 3 heteroatoms. The van der Waals surface area contributed by atoms with Gasteiger partial charge in [-0.3, -0.25) is 4.79 Å². The lowest BCUT2D eigenvalue weighted by atomic mass is 10.3. The molecule has 0 spiro atoms. The largest absolute Gasteiger partial charge is 0.464 e. The van der Waals surface area contributed by atoms with Crippen LogP contribution < -0.4 is 0 Å². The predicted octanol–water partition coefficient (Wildman–Crippen LogP) is 2.11. The Bertz CT molecular complexity index is 102. The molecule has 0 N–H and O–H groups in total. The van der Waals surface area contributed by atoms with Crippen molar-refractivity contribution in [2.24, 2.45) is 0 Å². The molecule has 0 aliphatic carbocycles. The van der Waals surface area contributed by atoms with E-state index in [2.05, 4.69) is 15.9 Å². The van der Waals surface area contributed by atoms with E-state index in [0.717, 1.165) is 6.42 Å². The molecule has 60 valence electrons. The van der Waals surface area contributed by atoms with Crippen LogP contribution >= 0.6 is 15.9 Å². The fourth-order valence-corrected chi connectivity index (χ4v) is 0.616. The number of ether oxygens (including phenoxy) is 1. The normalized spacial score (nSPS) is 12.7. The molecule has 10 heavy (non-hydrogen) atoms. The molecular formula is C7H13BrO2. The van der Waals surface area contributed by atoms with Crippen molar-refractivity contribution >= 4 is 21.9 Å². The summed E-state index contributed by atoms with van der Waals surface area (Å²) < 4.78 is 4.86. The Morgan fingerprint density at radius 2 is 2.30 bits per heavy atom. The van der Waals surface area contributed by atoms with Crippen molar-refractivity contribution in [3.8, 4) is 0 Å². The number of carbonyl (C=O) groups excluding carboxylic acids is 1. The highest BCUT2D eigenvalue weighted by molar-refractivity contribution is 9.09. The molecule has 0 saturated carbocycles. The molecule has 0 rings (SSSR count). The van der Waals surface area contributed by atoms with Gasteiger partial charge in [0.25, 0.3) is 0 Å². The molecule has 0 amide bonds. The highest BCUT2D eigenvalue weighted by Gasteiger charge is 2.01. The van der Waals surface area contributed by atoms with Crippen LogP contribution in [0, 0.1) is 0 Å². The van der Waals surface area contributed by atoms with Gasteiger partial charge in [-0.2, -0.15) is 0 Å². The number of halogens is 1. The Kier molecular flexibility index (Phi) is 5.69. The summed E-state index contributed by atoms with van der Waals surface area (Å²) in [5.41, 5.74) is 0. The molecular weight excluding hydrogens is 196 g/mol. The van der Waals surface area contributed by atoms with Crippen molar-refractivity contribution in [1.82, 2.24) is 0 Å². The summed E-state index contributed by atoms with van der Waals surface area (Å²) in [6, 6.07) is 0. The summed E-state index contributed by atoms with van der Waals surface area (Å²) in [7, 11) is 0. The maximum absolute atomic E-state index is 10.7. The first kappa shape index (κ1) is 9.95. The van der Waals surface area contributed by atoms with Crippen molar-refractivity contribution in [3.63, 3.8) is 0 Å². The van der Waals surface area contributed by atoms with Crippen LogP contribution in [0.25, 0.3) is 0 Å². The first-order chi connectivity index (χ1) is 4.66. The second-order valence-corrected chi connectivity index (χ2v) is 3.78. The van der Waals surface area contributed by atoms with Crippen molar-refractivity contribution < 1.29 is 9.53 Å². The average Bonchev–Trinajstić information content (AvgIpc) is 1.85. The van der Waals surface area contributed by atoms with E-state index < -0.39 is 0 Å². The minimum atomic E-state index is -0.103. The number of hydrogen-bond acceptors (Lipinski definition) is 2. The Morgan fingerprint density at radius 3 is 2.70 bits per heavy atom. The quantitative estimate of drug-likeness (QED) is 0.523. The Hall–Kier alpha value is -0.0500. The van der Waals surface area contributed by atoms with Crippen LogP contribution in [0.5, 0.6) is 0 Å². The van der Waals surface area contributed by atoms with Gasteiger partial charge < -0.3 is 4.74 Å². The van der Waals surface area contributed by atoms with Crippen molar-refractivity contribution in [2.45, 2.75) is 31.5 Å². The standard InChI is InChI=1S/C7H13BrO2/c1-3-4-7(9)10-5-6(2)8/h6H,3-5H2,1-2H3. The fraction of sp³-hybridized carbons (Fsp3) is 0.857. The summed E-state index contributed by atoms with van der Waals surface area (Å²) in [5.74, 6) is -0.103. The lowest BCUT2D eigenvalue weighted by Gasteiger charge is -2.04. The monoisotopic (exact) mass is 208 g/mol. The maximum Gasteiger partial charge on any atom is 0.305 e. The van der Waals surface area contributed by atoms with Gasteiger partial charge in [-0.25, -0.2) is 0 Å². The van der Waals surface area contributed by atoms with E-state index in [9.17, 15) is 4.79 Å². The summed E-state index contributed by atoms with van der Waals surface area (Å²) in [5, 5.41) is 0. The topological polar surface area (TPSA) is 26.3 Å². The lowest BCUT2D eigenvalue weighted by molar-refractivity contribution is -0.143. The molecule has 0 aromatic rings. The number of hydrogen-bond donors (Lipinski definition) is 0. The second-order valence-electron chi connectivity index (χ2n) is 2.21. The zero-order valence-corrected chi connectivity index (χ0v) is 7.98. The maximum atomic E-state index is 10.7. The molecule has 0 radical (unpaired) electrons. The van der Waals surface area contributed by atoms with Crippen LogP contribution in [0.15, 0.2) is 0 Å². The molecule has 0 fully saturated rings. The number of esters is 1. The molecule has 0 bridgehead atoms. The van der Waals surface area contributed by atoms with Crippen LogP contribution in [-0.4, -0.2) is 17.4 Å². The summed E-state index contributed by atoms with van der Waals surface area (Å²) >= 11 is 3.28. The smallest absolute Gasteiger partial charge is 0.305 e. The van der Waals surface area contributed by atoms with E-state index in [0.29, 0.717) is 13.0 Å². The third-order valence-corrected chi connectivity index (χ3v) is 1.19. The third kappa shape index (κ3) is 6.08. The van der Waals surface area contributed by atoms with Crippen molar-refractivity contribution in [1.29, 1.82) is 0 Å². The summed E-state index contributed by atoms with van der Waals surface area (Å²) in [6.45, 7) is 4.37. The zero-order valence-electron chi connectivity index (χ0n) is 6.39. The Labute approximate surface area is 70.1 Å². The van der Waals surface area contributed by atoms with Gasteiger partial charge in [-0.05, 0) is 13.3 Å². The van der Waals surface area contributed by atoms with Crippen molar-refractivity contribution in [2.75, 3.05) is 6.61 Å². The Balaban J connectivity index is 3.22. The Morgan fingerprint density at radius 1 is 1.70 bits per heavy atom. The minimum Gasteiger partial charge on any atom is -0.464 e. The number of alkyl halides is 1. The SMILES string of the molecule is CCCC(=O)OCC(C)Br. The zero-order chi connectivity index (χ0) is 7.98. The van der Waals surface area contributed by atoms with Crippen molar-refractivity contribution in [3.05, 3.63) is 0 Å². The van der Waals surface area contributed by atoms with E-state index in [4.69, 9.17) is 4.74 Å². The van der Waals surface area contributed by atoms with Crippen LogP contribution in [0.2, 0.25) is 0 Å².